The number of carbonyl (C=O) groups excluding carboxylic acids is 2. The van der Waals surface area contributed by atoms with Crippen molar-refractivity contribution in [3.63, 3.8) is 0 Å². The van der Waals surface area contributed by atoms with E-state index in [9.17, 15) is 9.59 Å². The highest BCUT2D eigenvalue weighted by Gasteiger charge is 2.35. The van der Waals surface area contributed by atoms with Crippen LogP contribution in [0.5, 0.6) is 0 Å². The topological polar surface area (TPSA) is 91.2 Å². The molecule has 1 atom stereocenters. The van der Waals surface area contributed by atoms with Crippen LogP contribution in [-0.2, 0) is 9.53 Å². The quantitative estimate of drug-likeness (QED) is 0.712. The van der Waals surface area contributed by atoms with Gasteiger partial charge in [-0.3, -0.25) is 9.59 Å². The highest BCUT2D eigenvalue weighted by molar-refractivity contribution is 5.92. The van der Waals surface area contributed by atoms with Gasteiger partial charge < -0.3 is 14.5 Å². The Balaban J connectivity index is 1.21. The predicted octanol–water partition coefficient (Wildman–Crippen LogP) is 2.12. The maximum atomic E-state index is 13.2. The normalized spacial score (nSPS) is 21.5. The standard InChI is InChI=1S/C24H28N6O3/c31-22(30-21(7-11-26-30)18-4-2-1-3-5-18)19-8-12-29(13-9-19)24-25-10-6-20(27-24)23(32)28-14-16-33-17-15-28/h1-6,10-11,19,21H,7-9,12-17H2. The molecule has 2 aromatic rings. The van der Waals surface area contributed by atoms with Gasteiger partial charge in [-0.25, -0.2) is 15.0 Å². The van der Waals surface area contributed by atoms with Crippen molar-refractivity contribution in [3.05, 3.63) is 53.9 Å². The molecular weight excluding hydrogens is 420 g/mol. The number of carbonyl (C=O) groups is 2. The number of ether oxygens (including phenoxy) is 1. The molecule has 0 aliphatic carbocycles. The van der Waals surface area contributed by atoms with E-state index >= 15 is 0 Å². The minimum Gasteiger partial charge on any atom is -0.378 e. The molecule has 3 aliphatic rings. The second kappa shape index (κ2) is 9.66. The Morgan fingerprint density at radius 1 is 0.970 bits per heavy atom. The molecule has 0 spiro atoms. The maximum absolute atomic E-state index is 13.2. The molecule has 1 aromatic heterocycles. The lowest BCUT2D eigenvalue weighted by atomic mass is 9.94. The first-order valence-electron chi connectivity index (χ1n) is 11.6. The molecule has 9 nitrogen and oxygen atoms in total. The molecule has 9 heteroatoms. The summed E-state index contributed by atoms with van der Waals surface area (Å²) in [6, 6.07) is 11.7. The molecule has 1 aromatic carbocycles. The zero-order chi connectivity index (χ0) is 22.6. The molecule has 2 amide bonds. The van der Waals surface area contributed by atoms with Gasteiger partial charge in [0.1, 0.15) is 5.69 Å². The van der Waals surface area contributed by atoms with E-state index < -0.39 is 0 Å². The second-order valence-electron chi connectivity index (χ2n) is 8.55. The number of morpholine rings is 1. The smallest absolute Gasteiger partial charge is 0.272 e. The number of amides is 2. The average molecular weight is 449 g/mol. The van der Waals surface area contributed by atoms with Crippen LogP contribution in [0, 0.1) is 5.92 Å². The van der Waals surface area contributed by atoms with Crippen molar-refractivity contribution < 1.29 is 14.3 Å². The van der Waals surface area contributed by atoms with E-state index in [4.69, 9.17) is 4.74 Å². The van der Waals surface area contributed by atoms with Crippen molar-refractivity contribution in [1.82, 2.24) is 19.9 Å². The molecule has 2 saturated heterocycles. The number of hydrogen-bond acceptors (Lipinski definition) is 7. The van der Waals surface area contributed by atoms with Crippen molar-refractivity contribution in [1.29, 1.82) is 0 Å². The first-order valence-corrected chi connectivity index (χ1v) is 11.6. The van der Waals surface area contributed by atoms with Crippen LogP contribution in [-0.4, -0.2) is 77.3 Å². The van der Waals surface area contributed by atoms with Crippen molar-refractivity contribution in [2.75, 3.05) is 44.3 Å². The molecule has 5 rings (SSSR count). The summed E-state index contributed by atoms with van der Waals surface area (Å²) in [7, 11) is 0. The number of benzene rings is 1. The van der Waals surface area contributed by atoms with Gasteiger partial charge in [-0.1, -0.05) is 30.3 Å². The van der Waals surface area contributed by atoms with Gasteiger partial charge >= 0.3 is 0 Å². The van der Waals surface area contributed by atoms with Crippen molar-refractivity contribution in [2.24, 2.45) is 11.0 Å². The number of nitrogens with zero attached hydrogens (tertiary/aromatic N) is 6. The largest absolute Gasteiger partial charge is 0.378 e. The van der Waals surface area contributed by atoms with E-state index in [0.717, 1.165) is 12.0 Å². The highest BCUT2D eigenvalue weighted by atomic mass is 16.5. The zero-order valence-electron chi connectivity index (χ0n) is 18.5. The fraction of sp³-hybridized carbons (Fsp3) is 0.458. The van der Waals surface area contributed by atoms with Crippen molar-refractivity contribution >= 4 is 24.0 Å². The third-order valence-corrected chi connectivity index (χ3v) is 6.53. The monoisotopic (exact) mass is 448 g/mol. The third-order valence-electron chi connectivity index (χ3n) is 6.53. The number of aromatic nitrogens is 2. The van der Waals surface area contributed by atoms with Crippen LogP contribution in [0.2, 0.25) is 0 Å². The maximum Gasteiger partial charge on any atom is 0.272 e. The number of rotatable bonds is 4. The van der Waals surface area contributed by atoms with Gasteiger partial charge in [0.15, 0.2) is 0 Å². The minimum atomic E-state index is -0.0918. The first-order chi connectivity index (χ1) is 16.2. The van der Waals surface area contributed by atoms with Crippen molar-refractivity contribution in [3.8, 4) is 0 Å². The SMILES string of the molecule is O=C(c1ccnc(N2CCC(C(=O)N3N=CCC3c3ccccc3)CC2)n1)N1CCOCC1. The molecule has 172 valence electrons. The lowest BCUT2D eigenvalue weighted by molar-refractivity contribution is -0.138. The molecule has 1 unspecified atom stereocenters. The van der Waals surface area contributed by atoms with Crippen LogP contribution < -0.4 is 4.90 Å². The average Bonchev–Trinajstić information content (AvgIpc) is 3.39. The fourth-order valence-electron chi connectivity index (χ4n) is 4.64. The Labute approximate surface area is 193 Å². The van der Waals surface area contributed by atoms with E-state index in [2.05, 4.69) is 20.0 Å². The Morgan fingerprint density at radius 2 is 1.73 bits per heavy atom. The molecule has 0 bridgehead atoms. The lowest BCUT2D eigenvalue weighted by Gasteiger charge is -2.34. The van der Waals surface area contributed by atoms with Gasteiger partial charge in [-0.2, -0.15) is 5.10 Å². The summed E-state index contributed by atoms with van der Waals surface area (Å²) in [6.07, 6.45) is 5.62. The summed E-state index contributed by atoms with van der Waals surface area (Å²) in [5, 5.41) is 6.05. The zero-order valence-corrected chi connectivity index (χ0v) is 18.5. The first kappa shape index (κ1) is 21.5. The molecule has 0 saturated carbocycles. The number of piperidine rings is 1. The molecular formula is C24H28N6O3. The molecule has 2 fully saturated rings. The minimum absolute atomic E-state index is 0.0251. The van der Waals surface area contributed by atoms with Gasteiger partial charge in [0.25, 0.3) is 5.91 Å². The summed E-state index contributed by atoms with van der Waals surface area (Å²) in [4.78, 5) is 38.8. The van der Waals surface area contributed by atoms with Crippen LogP contribution in [0.25, 0.3) is 0 Å². The van der Waals surface area contributed by atoms with Gasteiger partial charge in [0.2, 0.25) is 11.9 Å². The Kier molecular flexibility index (Phi) is 6.30. The van der Waals surface area contributed by atoms with Gasteiger partial charge in [-0.15, -0.1) is 0 Å². The highest BCUT2D eigenvalue weighted by Crippen LogP contribution is 2.32. The summed E-state index contributed by atoms with van der Waals surface area (Å²) in [5.74, 6) is 0.447. The summed E-state index contributed by atoms with van der Waals surface area (Å²) < 4.78 is 5.33. The van der Waals surface area contributed by atoms with E-state index in [1.807, 2.05) is 36.5 Å². The predicted molar refractivity (Wildman–Crippen MR) is 123 cm³/mol. The molecule has 33 heavy (non-hydrogen) atoms. The Morgan fingerprint density at radius 3 is 2.48 bits per heavy atom. The van der Waals surface area contributed by atoms with Crippen LogP contribution in [0.4, 0.5) is 5.95 Å². The van der Waals surface area contributed by atoms with Gasteiger partial charge in [0.05, 0.1) is 19.3 Å². The van der Waals surface area contributed by atoms with E-state index in [0.29, 0.717) is 63.9 Å². The number of anilines is 1. The van der Waals surface area contributed by atoms with Crippen molar-refractivity contribution in [2.45, 2.75) is 25.3 Å². The van der Waals surface area contributed by atoms with E-state index in [-0.39, 0.29) is 23.8 Å². The van der Waals surface area contributed by atoms with Gasteiger partial charge in [-0.05, 0) is 24.5 Å². The van der Waals surface area contributed by atoms with E-state index in [1.165, 1.54) is 0 Å². The summed E-state index contributed by atoms with van der Waals surface area (Å²) in [5.41, 5.74) is 1.51. The number of hydrogen-bond donors (Lipinski definition) is 0. The molecule has 0 N–H and O–H groups in total. The lowest BCUT2D eigenvalue weighted by Crippen LogP contribution is -2.42. The second-order valence-corrected chi connectivity index (χ2v) is 8.55. The molecule has 4 heterocycles. The third kappa shape index (κ3) is 4.59. The van der Waals surface area contributed by atoms with Gasteiger partial charge in [0, 0.05) is 50.9 Å². The van der Waals surface area contributed by atoms with Crippen LogP contribution in [0.15, 0.2) is 47.7 Å². The van der Waals surface area contributed by atoms with E-state index in [1.54, 1.807) is 22.2 Å². The fourth-order valence-corrected chi connectivity index (χ4v) is 4.64. The van der Waals surface area contributed by atoms with Crippen LogP contribution in [0.1, 0.15) is 41.4 Å². The Hall–Kier alpha value is -3.33. The molecule has 0 radical (unpaired) electrons. The number of hydrazone groups is 1. The molecule has 3 aliphatic heterocycles. The van der Waals surface area contributed by atoms with Crippen LogP contribution in [0.3, 0.4) is 0 Å². The summed E-state index contributed by atoms with van der Waals surface area (Å²) in [6.45, 7) is 3.59. The van der Waals surface area contributed by atoms with Crippen LogP contribution >= 0.6 is 0 Å². The summed E-state index contributed by atoms with van der Waals surface area (Å²) >= 11 is 0. The Bertz CT molecular complexity index is 1020.